The van der Waals surface area contributed by atoms with E-state index in [0.717, 1.165) is 5.56 Å². The number of non-ortho nitro benzene ring substituents is 1. The molecule has 2 atom stereocenters. The number of β-lactam (4-membered cyclic amide) rings is 1. The van der Waals surface area contributed by atoms with Crippen LogP contribution in [0.2, 0.25) is 10.0 Å². The van der Waals surface area contributed by atoms with Gasteiger partial charge < -0.3 is 4.74 Å². The Labute approximate surface area is 228 Å². The standard InChI is InChI=1S/C29H20Cl2N2O5/c1-18-2-14-24(15-3-18)32-26(19-4-10-22(30)11-5-19)29(28(32)35,21-8-16-25(17-9-21)33(36)37)38-27(34)20-6-12-23(31)13-7-20/h2-17,26H,1H3/t26-,29+/m1/s1. The number of hydrogen-bond acceptors (Lipinski definition) is 5. The molecular weight excluding hydrogens is 527 g/mol. The predicted octanol–water partition coefficient (Wildman–Crippen LogP) is 7.05. The zero-order valence-electron chi connectivity index (χ0n) is 20.0. The van der Waals surface area contributed by atoms with Crippen LogP contribution in [0.1, 0.15) is 33.1 Å². The number of nitrogens with zero attached hydrogens (tertiary/aromatic N) is 2. The van der Waals surface area contributed by atoms with Crippen LogP contribution in [0.15, 0.2) is 97.1 Å². The zero-order chi connectivity index (χ0) is 27.0. The molecule has 38 heavy (non-hydrogen) atoms. The molecule has 1 saturated heterocycles. The molecule has 0 aromatic heterocycles. The van der Waals surface area contributed by atoms with Gasteiger partial charge in [0.25, 0.3) is 11.6 Å². The Morgan fingerprint density at radius 1 is 0.868 bits per heavy atom. The summed E-state index contributed by atoms with van der Waals surface area (Å²) in [6, 6.07) is 25.1. The quantitative estimate of drug-likeness (QED) is 0.112. The molecule has 1 aliphatic rings. The highest BCUT2D eigenvalue weighted by molar-refractivity contribution is 6.31. The Balaban J connectivity index is 1.68. The molecule has 0 aliphatic carbocycles. The fourth-order valence-electron chi connectivity index (χ4n) is 4.59. The molecule has 190 valence electrons. The first-order valence-electron chi connectivity index (χ1n) is 11.6. The summed E-state index contributed by atoms with van der Waals surface area (Å²) in [5.74, 6) is -1.23. The van der Waals surface area contributed by atoms with Gasteiger partial charge in [-0.3, -0.25) is 19.8 Å². The summed E-state index contributed by atoms with van der Waals surface area (Å²) in [5, 5.41) is 12.2. The van der Waals surface area contributed by atoms with E-state index in [-0.39, 0.29) is 11.3 Å². The summed E-state index contributed by atoms with van der Waals surface area (Å²) in [6.45, 7) is 1.94. The number of aryl methyl sites for hydroxylation is 1. The average molecular weight is 547 g/mol. The first-order chi connectivity index (χ1) is 18.2. The maximum Gasteiger partial charge on any atom is 0.339 e. The molecular formula is C29H20Cl2N2O5. The van der Waals surface area contributed by atoms with Crippen LogP contribution in [0.3, 0.4) is 0 Å². The number of carbonyl (C=O) groups is 2. The minimum absolute atomic E-state index is 0.155. The minimum atomic E-state index is -1.80. The van der Waals surface area contributed by atoms with Crippen LogP contribution >= 0.6 is 23.2 Å². The SMILES string of the molecule is Cc1ccc(N2C(=O)[C@](OC(=O)c3ccc(Cl)cc3)(c3ccc([N+](=O)[O-])cc3)[C@H]2c2ccc(Cl)cc2)cc1. The van der Waals surface area contributed by atoms with Crippen LogP contribution in [0.4, 0.5) is 11.4 Å². The third-order valence-electron chi connectivity index (χ3n) is 6.52. The van der Waals surface area contributed by atoms with Gasteiger partial charge in [-0.25, -0.2) is 4.79 Å². The molecule has 0 saturated carbocycles. The Hall–Kier alpha value is -4.20. The average Bonchev–Trinajstić information content (AvgIpc) is 2.92. The molecule has 4 aromatic rings. The number of nitro benzene ring substituents is 1. The van der Waals surface area contributed by atoms with E-state index in [1.54, 1.807) is 41.3 Å². The van der Waals surface area contributed by atoms with Crippen molar-refractivity contribution in [3.63, 3.8) is 0 Å². The maximum atomic E-state index is 14.1. The molecule has 1 fully saturated rings. The second-order valence-corrected chi connectivity index (χ2v) is 9.77. The lowest BCUT2D eigenvalue weighted by Crippen LogP contribution is -2.68. The number of anilines is 1. The Morgan fingerprint density at radius 3 is 1.97 bits per heavy atom. The lowest BCUT2D eigenvalue weighted by atomic mass is 9.72. The highest BCUT2D eigenvalue weighted by atomic mass is 35.5. The van der Waals surface area contributed by atoms with Gasteiger partial charge >= 0.3 is 5.97 Å². The monoisotopic (exact) mass is 546 g/mol. The van der Waals surface area contributed by atoms with Crippen LogP contribution in [-0.2, 0) is 15.1 Å². The lowest BCUT2D eigenvalue weighted by Gasteiger charge is -2.55. The summed E-state index contributed by atoms with van der Waals surface area (Å²) < 4.78 is 6.10. The van der Waals surface area contributed by atoms with E-state index in [4.69, 9.17) is 27.9 Å². The maximum absolute atomic E-state index is 14.1. The molecule has 0 spiro atoms. The van der Waals surface area contributed by atoms with E-state index in [0.29, 0.717) is 26.9 Å². The van der Waals surface area contributed by atoms with Crippen molar-refractivity contribution in [3.05, 3.63) is 139 Å². The Kier molecular flexibility index (Phi) is 6.65. The first kappa shape index (κ1) is 25.4. The van der Waals surface area contributed by atoms with Gasteiger partial charge in [0.1, 0.15) is 6.04 Å². The molecule has 0 radical (unpaired) electrons. The van der Waals surface area contributed by atoms with Crippen LogP contribution in [-0.4, -0.2) is 16.8 Å². The summed E-state index contributed by atoms with van der Waals surface area (Å²) in [4.78, 5) is 39.9. The molecule has 1 amide bonds. The largest absolute Gasteiger partial charge is 0.438 e. The zero-order valence-corrected chi connectivity index (χ0v) is 21.5. The fraction of sp³-hybridized carbons (Fsp3) is 0.103. The third-order valence-corrected chi connectivity index (χ3v) is 7.02. The van der Waals surface area contributed by atoms with Crippen molar-refractivity contribution in [3.8, 4) is 0 Å². The van der Waals surface area contributed by atoms with Crippen molar-refractivity contribution in [1.82, 2.24) is 0 Å². The number of rotatable bonds is 6. The van der Waals surface area contributed by atoms with Crippen LogP contribution in [0.25, 0.3) is 0 Å². The van der Waals surface area contributed by atoms with Gasteiger partial charge in [-0.15, -0.1) is 0 Å². The molecule has 5 rings (SSSR count). The highest BCUT2D eigenvalue weighted by Crippen LogP contribution is 2.55. The van der Waals surface area contributed by atoms with E-state index in [9.17, 15) is 19.7 Å². The predicted molar refractivity (Wildman–Crippen MR) is 144 cm³/mol. The molecule has 0 N–H and O–H groups in total. The van der Waals surface area contributed by atoms with Crippen molar-refractivity contribution < 1.29 is 19.2 Å². The molecule has 0 unspecified atom stereocenters. The summed E-state index contributed by atoms with van der Waals surface area (Å²) in [6.07, 6.45) is 0. The second kappa shape index (κ2) is 9.93. The molecule has 1 aliphatic heterocycles. The number of ether oxygens (including phenoxy) is 1. The number of nitro groups is 1. The first-order valence-corrected chi connectivity index (χ1v) is 12.4. The number of hydrogen-bond donors (Lipinski definition) is 0. The number of benzene rings is 4. The molecule has 9 heteroatoms. The van der Waals surface area contributed by atoms with Crippen LogP contribution < -0.4 is 4.90 Å². The van der Waals surface area contributed by atoms with Gasteiger partial charge in [-0.05, 0) is 73.2 Å². The smallest absolute Gasteiger partial charge is 0.339 e. The number of carbonyl (C=O) groups excluding carboxylic acids is 2. The number of amides is 1. The second-order valence-electron chi connectivity index (χ2n) is 8.90. The van der Waals surface area contributed by atoms with E-state index >= 15 is 0 Å². The van der Waals surface area contributed by atoms with Crippen molar-refractivity contribution in [1.29, 1.82) is 0 Å². The normalized spacial score (nSPS) is 18.6. The molecule has 1 heterocycles. The van der Waals surface area contributed by atoms with E-state index in [1.807, 2.05) is 31.2 Å². The van der Waals surface area contributed by atoms with Crippen LogP contribution in [0.5, 0.6) is 0 Å². The third kappa shape index (κ3) is 4.40. The molecule has 0 bridgehead atoms. The van der Waals surface area contributed by atoms with Crippen molar-refractivity contribution in [2.45, 2.75) is 18.6 Å². The Bertz CT molecular complexity index is 1520. The van der Waals surface area contributed by atoms with Gasteiger partial charge in [0.15, 0.2) is 0 Å². The van der Waals surface area contributed by atoms with Gasteiger partial charge in [0, 0.05) is 33.4 Å². The molecule has 4 aromatic carbocycles. The topological polar surface area (TPSA) is 89.8 Å². The van der Waals surface area contributed by atoms with E-state index in [1.165, 1.54) is 36.4 Å². The summed E-state index contributed by atoms with van der Waals surface area (Å²) in [5.41, 5.74) is 0.840. The van der Waals surface area contributed by atoms with Crippen molar-refractivity contribution >= 4 is 46.5 Å². The van der Waals surface area contributed by atoms with Gasteiger partial charge in [-0.2, -0.15) is 0 Å². The summed E-state index contributed by atoms with van der Waals surface area (Å²) >= 11 is 12.1. The number of halogens is 2. The van der Waals surface area contributed by atoms with E-state index < -0.39 is 28.4 Å². The number of esters is 1. The van der Waals surface area contributed by atoms with Crippen LogP contribution in [0, 0.1) is 17.0 Å². The van der Waals surface area contributed by atoms with Gasteiger partial charge in [0.2, 0.25) is 5.60 Å². The van der Waals surface area contributed by atoms with Gasteiger partial charge in [0.05, 0.1) is 10.5 Å². The van der Waals surface area contributed by atoms with Gasteiger partial charge in [-0.1, -0.05) is 53.0 Å². The van der Waals surface area contributed by atoms with Crippen molar-refractivity contribution in [2.24, 2.45) is 0 Å². The Morgan fingerprint density at radius 2 is 1.42 bits per heavy atom. The molecule has 7 nitrogen and oxygen atoms in total. The highest BCUT2D eigenvalue weighted by Gasteiger charge is 2.66. The van der Waals surface area contributed by atoms with E-state index in [2.05, 4.69) is 0 Å². The fourth-order valence-corrected chi connectivity index (χ4v) is 4.84. The van der Waals surface area contributed by atoms with Crippen molar-refractivity contribution in [2.75, 3.05) is 4.90 Å². The summed E-state index contributed by atoms with van der Waals surface area (Å²) in [7, 11) is 0. The minimum Gasteiger partial charge on any atom is -0.438 e. The lowest BCUT2D eigenvalue weighted by molar-refractivity contribution is -0.384.